The minimum Gasteiger partial charge on any atom is -0.117 e. The molecular weight excluding hydrogens is 230 g/mol. The normalized spacial score (nSPS) is 15.4. The molecule has 0 bridgehead atoms. The van der Waals surface area contributed by atoms with Gasteiger partial charge in [0.15, 0.2) is 0 Å². The average Bonchev–Trinajstić information content (AvgIpc) is 1.90. The summed E-state index contributed by atoms with van der Waals surface area (Å²) in [5, 5.41) is 0.997. The van der Waals surface area contributed by atoms with Gasteiger partial charge >= 0.3 is 0 Å². The summed E-state index contributed by atoms with van der Waals surface area (Å²) in [6, 6.07) is 0. The molecule has 0 nitrogen and oxygen atoms in total. The van der Waals surface area contributed by atoms with Crippen LogP contribution in [0.15, 0.2) is 0 Å². The van der Waals surface area contributed by atoms with Crippen LogP contribution in [0.1, 0.15) is 62.3 Å². The van der Waals surface area contributed by atoms with Crippen molar-refractivity contribution in [3.8, 4) is 0 Å². The van der Waals surface area contributed by atoms with E-state index in [1.807, 2.05) is 0 Å². The van der Waals surface area contributed by atoms with Gasteiger partial charge in [0, 0.05) is 0 Å². The van der Waals surface area contributed by atoms with Crippen molar-refractivity contribution in [1.29, 1.82) is 0 Å². The van der Waals surface area contributed by atoms with E-state index in [1.54, 1.807) is 0 Å². The SMILES string of the molecule is CC(C)(C)CPCP(C(C)(C)C)C(C)(C)C. The lowest BCUT2D eigenvalue weighted by atomic mass is 10.0. The third-order valence-electron chi connectivity index (χ3n) is 2.54. The van der Waals surface area contributed by atoms with Gasteiger partial charge in [-0.05, 0) is 27.8 Å². The molecule has 0 N–H and O–H groups in total. The molecule has 16 heavy (non-hydrogen) atoms. The van der Waals surface area contributed by atoms with Crippen LogP contribution < -0.4 is 0 Å². The molecule has 98 valence electrons. The molecule has 0 rings (SSSR count). The van der Waals surface area contributed by atoms with Gasteiger partial charge in [0.2, 0.25) is 0 Å². The Morgan fingerprint density at radius 1 is 0.750 bits per heavy atom. The second kappa shape index (κ2) is 5.67. The van der Waals surface area contributed by atoms with Gasteiger partial charge in [0.1, 0.15) is 0 Å². The van der Waals surface area contributed by atoms with E-state index in [9.17, 15) is 0 Å². The first-order valence-corrected chi connectivity index (χ1v) is 9.27. The highest BCUT2D eigenvalue weighted by Crippen LogP contribution is 2.62. The molecule has 0 radical (unpaired) electrons. The Labute approximate surface area is 107 Å². The molecule has 0 fully saturated rings. The van der Waals surface area contributed by atoms with Crippen molar-refractivity contribution < 1.29 is 0 Å². The van der Waals surface area contributed by atoms with Gasteiger partial charge in [0.25, 0.3) is 0 Å². The number of hydrogen-bond donors (Lipinski definition) is 0. The fraction of sp³-hybridized carbons (Fsp3) is 1.00. The minimum atomic E-state index is 0.117. The highest BCUT2D eigenvalue weighted by atomic mass is 31.2. The lowest BCUT2D eigenvalue weighted by Crippen LogP contribution is -2.26. The number of hydrogen-bond acceptors (Lipinski definition) is 0. The van der Waals surface area contributed by atoms with Gasteiger partial charge in [-0.1, -0.05) is 70.2 Å². The van der Waals surface area contributed by atoms with Crippen LogP contribution in [0.3, 0.4) is 0 Å². The second-order valence-corrected chi connectivity index (χ2v) is 13.6. The van der Waals surface area contributed by atoms with Crippen LogP contribution in [0.4, 0.5) is 0 Å². The summed E-state index contributed by atoms with van der Waals surface area (Å²) in [5.74, 6) is 1.46. The van der Waals surface area contributed by atoms with Gasteiger partial charge in [-0.3, -0.25) is 0 Å². The zero-order valence-corrected chi connectivity index (χ0v) is 14.8. The monoisotopic (exact) mass is 262 g/mol. The Kier molecular flexibility index (Phi) is 5.97. The summed E-state index contributed by atoms with van der Waals surface area (Å²) >= 11 is 0. The molecule has 0 aromatic carbocycles. The largest absolute Gasteiger partial charge is 0.117 e. The molecule has 0 saturated carbocycles. The van der Waals surface area contributed by atoms with E-state index in [2.05, 4.69) is 62.3 Å². The molecule has 0 aliphatic heterocycles. The van der Waals surface area contributed by atoms with Gasteiger partial charge in [0.05, 0.1) is 0 Å². The first kappa shape index (κ1) is 16.9. The molecule has 2 heteroatoms. The van der Waals surface area contributed by atoms with Crippen LogP contribution in [-0.4, -0.2) is 22.4 Å². The molecule has 0 saturated heterocycles. The third-order valence-corrected chi connectivity index (χ3v) is 9.25. The standard InChI is InChI=1S/C14H32P2/c1-12(2,3)10-15-11-16(13(4,5)6)14(7,8)9/h15H,10-11H2,1-9H3. The molecule has 0 aromatic heterocycles. The van der Waals surface area contributed by atoms with E-state index in [-0.39, 0.29) is 7.92 Å². The first-order chi connectivity index (χ1) is 6.84. The molecule has 0 spiro atoms. The van der Waals surface area contributed by atoms with E-state index in [0.29, 0.717) is 15.7 Å². The highest BCUT2D eigenvalue weighted by Gasteiger charge is 2.33. The van der Waals surface area contributed by atoms with E-state index in [0.717, 1.165) is 8.58 Å². The van der Waals surface area contributed by atoms with Crippen LogP contribution in [0.25, 0.3) is 0 Å². The van der Waals surface area contributed by atoms with Crippen LogP contribution in [0.2, 0.25) is 0 Å². The van der Waals surface area contributed by atoms with Crippen LogP contribution >= 0.6 is 16.5 Å². The summed E-state index contributed by atoms with van der Waals surface area (Å²) in [5.41, 5.74) is 0.509. The molecular formula is C14H32P2. The van der Waals surface area contributed by atoms with Crippen molar-refractivity contribution >= 4 is 16.5 Å². The van der Waals surface area contributed by atoms with Gasteiger partial charge in [-0.15, -0.1) is 8.58 Å². The molecule has 1 atom stereocenters. The second-order valence-electron chi connectivity index (χ2n) is 7.92. The van der Waals surface area contributed by atoms with Crippen molar-refractivity contribution in [2.45, 2.75) is 72.6 Å². The highest BCUT2D eigenvalue weighted by molar-refractivity contribution is 7.70. The lowest BCUT2D eigenvalue weighted by molar-refractivity contribution is 0.479. The Morgan fingerprint density at radius 2 is 1.12 bits per heavy atom. The van der Waals surface area contributed by atoms with E-state index in [1.165, 1.54) is 12.1 Å². The Bertz CT molecular complexity index is 186. The van der Waals surface area contributed by atoms with Crippen molar-refractivity contribution in [2.24, 2.45) is 5.41 Å². The fourth-order valence-electron chi connectivity index (χ4n) is 2.02. The maximum absolute atomic E-state index is 2.42. The van der Waals surface area contributed by atoms with Crippen molar-refractivity contribution in [3.05, 3.63) is 0 Å². The molecule has 0 amide bonds. The van der Waals surface area contributed by atoms with Crippen LogP contribution in [0.5, 0.6) is 0 Å². The predicted molar refractivity (Wildman–Crippen MR) is 83.9 cm³/mol. The lowest BCUT2D eigenvalue weighted by Gasteiger charge is -2.42. The van der Waals surface area contributed by atoms with E-state index >= 15 is 0 Å². The van der Waals surface area contributed by atoms with E-state index in [4.69, 9.17) is 0 Å². The fourth-order valence-corrected chi connectivity index (χ4v) is 9.92. The Morgan fingerprint density at radius 3 is 1.38 bits per heavy atom. The van der Waals surface area contributed by atoms with Gasteiger partial charge in [-0.2, -0.15) is 0 Å². The topological polar surface area (TPSA) is 0 Å². The maximum atomic E-state index is 2.42. The van der Waals surface area contributed by atoms with Gasteiger partial charge in [-0.25, -0.2) is 0 Å². The summed E-state index contributed by atoms with van der Waals surface area (Å²) in [4.78, 5) is 0. The molecule has 0 aliphatic rings. The average molecular weight is 262 g/mol. The molecule has 1 unspecified atom stereocenters. The van der Waals surface area contributed by atoms with Crippen LogP contribution in [-0.2, 0) is 0 Å². The zero-order chi connectivity index (χ0) is 13.2. The number of rotatable bonds is 3. The molecule has 0 heterocycles. The Hall–Kier alpha value is 0.860. The minimum absolute atomic E-state index is 0.117. The summed E-state index contributed by atoms with van der Waals surface area (Å²) in [7, 11) is 1.26. The predicted octanol–water partition coefficient (Wildman–Crippen LogP) is 5.75. The smallest absolute Gasteiger partial charge is 0.0138 e. The molecule has 0 aromatic rings. The summed E-state index contributed by atoms with van der Waals surface area (Å²) in [6.45, 7) is 21.6. The quantitative estimate of drug-likeness (QED) is 0.568. The van der Waals surface area contributed by atoms with Crippen LogP contribution in [0, 0.1) is 5.41 Å². The van der Waals surface area contributed by atoms with Crippen molar-refractivity contribution in [3.63, 3.8) is 0 Å². The first-order valence-electron chi connectivity index (χ1n) is 6.32. The summed E-state index contributed by atoms with van der Waals surface area (Å²) < 4.78 is 0. The van der Waals surface area contributed by atoms with Gasteiger partial charge < -0.3 is 0 Å². The zero-order valence-electron chi connectivity index (χ0n) is 12.9. The third kappa shape index (κ3) is 7.24. The van der Waals surface area contributed by atoms with Crippen molar-refractivity contribution in [1.82, 2.24) is 0 Å². The molecule has 0 aliphatic carbocycles. The summed E-state index contributed by atoms with van der Waals surface area (Å²) in [6.07, 6.45) is 1.39. The van der Waals surface area contributed by atoms with E-state index < -0.39 is 0 Å². The van der Waals surface area contributed by atoms with Crippen molar-refractivity contribution in [2.75, 3.05) is 12.1 Å². The maximum Gasteiger partial charge on any atom is -0.0138 e. The Balaban J connectivity index is 4.38.